The molecule has 0 aliphatic heterocycles. The predicted octanol–water partition coefficient (Wildman–Crippen LogP) is 3.05. The number of aryl methyl sites for hydroxylation is 1. The molecule has 0 saturated carbocycles. The lowest BCUT2D eigenvalue weighted by Gasteiger charge is -2.49. The molecule has 27 heavy (non-hydrogen) atoms. The van der Waals surface area contributed by atoms with Crippen molar-refractivity contribution in [3.8, 4) is 0 Å². The van der Waals surface area contributed by atoms with Crippen molar-refractivity contribution < 1.29 is 9.84 Å². The Morgan fingerprint density at radius 1 is 1.15 bits per heavy atom. The van der Waals surface area contributed by atoms with Crippen LogP contribution >= 0.6 is 0 Å². The zero-order valence-electron chi connectivity index (χ0n) is 17.9. The number of aliphatic hydroxyl groups is 1. The fourth-order valence-corrected chi connectivity index (χ4v) is 5.42. The summed E-state index contributed by atoms with van der Waals surface area (Å²) in [6.07, 6.45) is 3.68. The Balaban J connectivity index is 2.36. The highest BCUT2D eigenvalue weighted by atomic mass is 28.3. The largest absolute Gasteiger partial charge is 0.387 e. The maximum Gasteiger partial charge on any atom is 0.165 e. The number of fused-ring (bicyclic) bond motifs is 1. The molecule has 3 N–H and O–H groups in total. The van der Waals surface area contributed by atoms with E-state index in [0.29, 0.717) is 29.9 Å². The summed E-state index contributed by atoms with van der Waals surface area (Å²) in [6, 6.07) is 0. The second kappa shape index (κ2) is 7.48. The smallest absolute Gasteiger partial charge is 0.165 e. The molecule has 1 radical (unpaired) electrons. The number of imidazole rings is 1. The molecule has 0 spiro atoms. The van der Waals surface area contributed by atoms with Gasteiger partial charge in [0, 0.05) is 6.54 Å². The molecule has 0 bridgehead atoms. The molecule has 7 nitrogen and oxygen atoms in total. The molecule has 2 unspecified atom stereocenters. The number of nitrogen functional groups attached to an aromatic ring is 1. The van der Waals surface area contributed by atoms with E-state index in [9.17, 15) is 5.11 Å². The van der Waals surface area contributed by atoms with Gasteiger partial charge in [0.15, 0.2) is 11.5 Å². The van der Waals surface area contributed by atoms with Crippen LogP contribution in [-0.4, -0.2) is 50.4 Å². The molecule has 0 aromatic carbocycles. The van der Waals surface area contributed by atoms with Gasteiger partial charge in [-0.15, -0.1) is 0 Å². The molecule has 0 fully saturated rings. The second-order valence-electron chi connectivity index (χ2n) is 9.48. The topological polar surface area (TPSA) is 99.1 Å². The van der Waals surface area contributed by atoms with E-state index >= 15 is 0 Å². The Kier molecular flexibility index (Phi) is 6.04. The minimum atomic E-state index is -0.993. The minimum absolute atomic E-state index is 0.211. The van der Waals surface area contributed by atoms with E-state index in [2.05, 4.69) is 48.8 Å². The van der Waals surface area contributed by atoms with Crippen LogP contribution in [0.1, 0.15) is 48.0 Å². The standard InChI is InChI=1S/C19H34N5O2Si/c1-17(2,3)19(25,16(27(7)8)26-18(4,5)6)9-10-24-12-23-13-14(20)21-11-22-15(13)24/h11-12,16,25H,9-10H2,1-8H3,(H2,20,21,22). The summed E-state index contributed by atoms with van der Waals surface area (Å²) >= 11 is 0. The fraction of sp³-hybridized carbons (Fsp3) is 0.737. The number of hydrogen-bond donors (Lipinski definition) is 2. The number of aromatic nitrogens is 4. The van der Waals surface area contributed by atoms with Gasteiger partial charge in [0.05, 0.1) is 32.1 Å². The monoisotopic (exact) mass is 392 g/mol. The number of anilines is 1. The predicted molar refractivity (Wildman–Crippen MR) is 111 cm³/mol. The Hall–Kier alpha value is -1.51. The van der Waals surface area contributed by atoms with Crippen molar-refractivity contribution in [3.05, 3.63) is 12.7 Å². The Morgan fingerprint density at radius 3 is 2.30 bits per heavy atom. The molecule has 0 aliphatic rings. The van der Waals surface area contributed by atoms with Gasteiger partial charge in [-0.25, -0.2) is 15.0 Å². The van der Waals surface area contributed by atoms with Crippen molar-refractivity contribution in [1.82, 2.24) is 19.5 Å². The molecule has 2 aromatic rings. The van der Waals surface area contributed by atoms with Crippen LogP contribution in [0.25, 0.3) is 11.2 Å². The van der Waals surface area contributed by atoms with E-state index in [-0.39, 0.29) is 16.7 Å². The molecule has 151 valence electrons. The molecular formula is C19H34N5O2Si. The Morgan fingerprint density at radius 2 is 1.78 bits per heavy atom. The molecule has 0 saturated heterocycles. The van der Waals surface area contributed by atoms with Crippen LogP contribution in [0.3, 0.4) is 0 Å². The number of rotatable bonds is 6. The van der Waals surface area contributed by atoms with Crippen molar-refractivity contribution in [1.29, 1.82) is 0 Å². The summed E-state index contributed by atoms with van der Waals surface area (Å²) in [7, 11) is -0.926. The van der Waals surface area contributed by atoms with Crippen LogP contribution in [0.15, 0.2) is 12.7 Å². The highest BCUT2D eigenvalue weighted by molar-refractivity contribution is 6.57. The maximum atomic E-state index is 11.9. The lowest BCUT2D eigenvalue weighted by atomic mass is 9.74. The number of nitrogens with two attached hydrogens (primary N) is 1. The lowest BCUT2D eigenvalue weighted by molar-refractivity contribution is -0.173. The molecule has 0 aliphatic carbocycles. The summed E-state index contributed by atoms with van der Waals surface area (Å²) < 4.78 is 8.32. The van der Waals surface area contributed by atoms with Gasteiger partial charge in [0.1, 0.15) is 11.8 Å². The van der Waals surface area contributed by atoms with Gasteiger partial charge in [-0.1, -0.05) is 33.9 Å². The van der Waals surface area contributed by atoms with Crippen LogP contribution < -0.4 is 5.73 Å². The summed E-state index contributed by atoms with van der Waals surface area (Å²) in [5.74, 6) is 0.367. The molecule has 2 atom stereocenters. The van der Waals surface area contributed by atoms with E-state index in [4.69, 9.17) is 10.5 Å². The summed E-state index contributed by atoms with van der Waals surface area (Å²) in [5.41, 5.74) is 5.28. The van der Waals surface area contributed by atoms with Crippen molar-refractivity contribution >= 4 is 25.8 Å². The number of nitrogens with zero attached hydrogens (tertiary/aromatic N) is 4. The van der Waals surface area contributed by atoms with Gasteiger partial charge >= 0.3 is 0 Å². The van der Waals surface area contributed by atoms with Crippen LogP contribution in [0, 0.1) is 5.41 Å². The van der Waals surface area contributed by atoms with E-state index < -0.39 is 14.4 Å². The van der Waals surface area contributed by atoms with Gasteiger partial charge in [0.2, 0.25) is 0 Å². The molecular weight excluding hydrogens is 358 g/mol. The summed E-state index contributed by atoms with van der Waals surface area (Å²) in [4.78, 5) is 12.6. The third-order valence-corrected chi connectivity index (χ3v) is 6.54. The van der Waals surface area contributed by atoms with Crippen molar-refractivity contribution in [2.45, 2.75) is 84.5 Å². The third kappa shape index (κ3) is 4.67. The first kappa shape index (κ1) is 21.8. The number of hydrogen-bond acceptors (Lipinski definition) is 6. The summed E-state index contributed by atoms with van der Waals surface area (Å²) in [6.45, 7) is 17.3. The Bertz CT molecular complexity index is 778. The molecule has 2 heterocycles. The first-order chi connectivity index (χ1) is 12.3. The van der Waals surface area contributed by atoms with E-state index in [1.165, 1.54) is 6.33 Å². The average Bonchev–Trinajstić information content (AvgIpc) is 2.93. The van der Waals surface area contributed by atoms with Gasteiger partial charge in [-0.3, -0.25) is 0 Å². The van der Waals surface area contributed by atoms with Gasteiger partial charge < -0.3 is 20.1 Å². The first-order valence-electron chi connectivity index (χ1n) is 9.38. The fourth-order valence-electron chi connectivity index (χ4n) is 3.30. The molecule has 8 heteroatoms. The van der Waals surface area contributed by atoms with E-state index in [1.54, 1.807) is 6.33 Å². The van der Waals surface area contributed by atoms with E-state index in [1.807, 2.05) is 25.3 Å². The van der Waals surface area contributed by atoms with Crippen LogP contribution in [0.4, 0.5) is 5.82 Å². The lowest BCUT2D eigenvalue weighted by Crippen LogP contribution is -2.60. The SMILES string of the molecule is C[Si](C)C(OC(C)(C)C)C(O)(CCn1cnc2c(N)ncnc21)C(C)(C)C. The Labute approximate surface area is 164 Å². The molecule has 2 aromatic heterocycles. The van der Waals surface area contributed by atoms with Crippen LogP contribution in [0.5, 0.6) is 0 Å². The van der Waals surface area contributed by atoms with Crippen LogP contribution in [-0.2, 0) is 11.3 Å². The maximum absolute atomic E-state index is 11.9. The molecule has 2 rings (SSSR count). The van der Waals surface area contributed by atoms with Gasteiger partial charge in [-0.2, -0.15) is 0 Å². The highest BCUT2D eigenvalue weighted by Gasteiger charge is 2.49. The number of ether oxygens (including phenoxy) is 1. The van der Waals surface area contributed by atoms with Crippen molar-refractivity contribution in [2.24, 2.45) is 5.41 Å². The van der Waals surface area contributed by atoms with Crippen LogP contribution in [0.2, 0.25) is 13.1 Å². The highest BCUT2D eigenvalue weighted by Crippen LogP contribution is 2.40. The first-order valence-corrected chi connectivity index (χ1v) is 12.0. The average molecular weight is 393 g/mol. The van der Waals surface area contributed by atoms with Crippen molar-refractivity contribution in [2.75, 3.05) is 5.73 Å². The van der Waals surface area contributed by atoms with Gasteiger partial charge in [-0.05, 0) is 32.6 Å². The summed E-state index contributed by atoms with van der Waals surface area (Å²) in [5, 5.41) is 11.9. The third-order valence-electron chi connectivity index (χ3n) is 4.89. The zero-order valence-corrected chi connectivity index (χ0v) is 18.9. The second-order valence-corrected chi connectivity index (χ2v) is 12.2. The zero-order chi connectivity index (χ0) is 20.6. The quantitative estimate of drug-likeness (QED) is 0.733. The molecule has 0 amide bonds. The normalized spacial score (nSPS) is 16.7. The van der Waals surface area contributed by atoms with E-state index in [0.717, 1.165) is 0 Å². The van der Waals surface area contributed by atoms with Crippen molar-refractivity contribution in [3.63, 3.8) is 0 Å². The minimum Gasteiger partial charge on any atom is -0.387 e. The van der Waals surface area contributed by atoms with Gasteiger partial charge in [0.25, 0.3) is 0 Å².